The Balaban J connectivity index is 2.39. The summed E-state index contributed by atoms with van der Waals surface area (Å²) in [7, 11) is 0. The van der Waals surface area contributed by atoms with Gasteiger partial charge in [-0.1, -0.05) is 156 Å². The molecule has 0 saturated heterocycles. The van der Waals surface area contributed by atoms with E-state index >= 15 is 0 Å². The normalized spacial score (nSPS) is 11.4. The van der Waals surface area contributed by atoms with E-state index < -0.39 is 0 Å². The summed E-state index contributed by atoms with van der Waals surface area (Å²) in [6.07, 6.45) is 42.9. The Hall–Kier alpha value is -0.850. The van der Waals surface area contributed by atoms with Crippen LogP contribution in [0.1, 0.15) is 192 Å². The van der Waals surface area contributed by atoms with E-state index in [1.165, 1.54) is 180 Å². The predicted octanol–water partition coefficient (Wildman–Crippen LogP) is 11.9. The first-order chi connectivity index (χ1) is 18.3. The Labute approximate surface area is 234 Å². The van der Waals surface area contributed by atoms with Gasteiger partial charge in [-0.2, -0.15) is 0 Å². The zero-order chi connectivity index (χ0) is 26.7. The van der Waals surface area contributed by atoms with Gasteiger partial charge < -0.3 is 0 Å². The molecule has 0 aromatic carbocycles. The molecule has 0 spiro atoms. The second-order valence-electron chi connectivity index (χ2n) is 12.0. The van der Waals surface area contributed by atoms with Gasteiger partial charge in [-0.3, -0.25) is 0 Å². The standard InChI is InChI=1S/C36H68N/c1-4-7-10-13-16-18-20-23-26-29-35-31-33-37(32-28-25-22-15-12-9-6-3)34-36(35)30-27-24-21-19-17-14-11-8-5-2/h31,33-34H,4-30,32H2,1-3H3/q+1. The van der Waals surface area contributed by atoms with Crippen molar-refractivity contribution in [2.24, 2.45) is 0 Å². The van der Waals surface area contributed by atoms with Crippen LogP contribution in [0.4, 0.5) is 0 Å². The highest BCUT2D eigenvalue weighted by Crippen LogP contribution is 2.17. The Kier molecular flexibility index (Phi) is 24.7. The van der Waals surface area contributed by atoms with E-state index in [2.05, 4.69) is 43.8 Å². The minimum Gasteiger partial charge on any atom is -0.205 e. The molecular formula is C36H68N+. The number of hydrogen-bond donors (Lipinski definition) is 0. The molecule has 1 aromatic heterocycles. The van der Waals surface area contributed by atoms with Crippen molar-refractivity contribution in [3.63, 3.8) is 0 Å². The molecule has 0 N–H and O–H groups in total. The molecule has 216 valence electrons. The molecule has 0 aliphatic heterocycles. The van der Waals surface area contributed by atoms with E-state index in [0.717, 1.165) is 0 Å². The number of rotatable bonds is 28. The van der Waals surface area contributed by atoms with Gasteiger partial charge in [0, 0.05) is 18.1 Å². The lowest BCUT2D eigenvalue weighted by Crippen LogP contribution is -2.34. The van der Waals surface area contributed by atoms with E-state index in [0.29, 0.717) is 0 Å². The maximum Gasteiger partial charge on any atom is 0.172 e. The van der Waals surface area contributed by atoms with Crippen LogP contribution in [-0.4, -0.2) is 0 Å². The number of pyridine rings is 1. The highest BCUT2D eigenvalue weighted by Gasteiger charge is 2.10. The number of nitrogens with zero attached hydrogens (tertiary/aromatic N) is 1. The fraction of sp³-hybridized carbons (Fsp3) is 0.861. The van der Waals surface area contributed by atoms with E-state index in [-0.39, 0.29) is 0 Å². The van der Waals surface area contributed by atoms with Crippen LogP contribution in [-0.2, 0) is 19.4 Å². The summed E-state index contributed by atoms with van der Waals surface area (Å²) >= 11 is 0. The molecule has 1 aromatic rings. The maximum atomic E-state index is 2.53. The minimum absolute atomic E-state index is 1.21. The van der Waals surface area contributed by atoms with Crippen LogP contribution in [0.25, 0.3) is 0 Å². The average Bonchev–Trinajstić information content (AvgIpc) is 2.91. The second-order valence-corrected chi connectivity index (χ2v) is 12.0. The molecule has 0 amide bonds. The topological polar surface area (TPSA) is 3.88 Å². The molecule has 0 bridgehead atoms. The quantitative estimate of drug-likeness (QED) is 0.0773. The summed E-state index contributed by atoms with van der Waals surface area (Å²) < 4.78 is 2.51. The lowest BCUT2D eigenvalue weighted by Gasteiger charge is -2.10. The van der Waals surface area contributed by atoms with Crippen LogP contribution in [0, 0.1) is 0 Å². The Bertz CT molecular complexity index is 592. The van der Waals surface area contributed by atoms with Crippen molar-refractivity contribution in [2.75, 3.05) is 0 Å². The SMILES string of the molecule is CCCCCCCCCCCc1cc[n+](CCCCCCCCC)cc1CCCCCCCCCCC. The summed E-state index contributed by atoms with van der Waals surface area (Å²) in [6.45, 7) is 8.13. The third kappa shape index (κ3) is 20.7. The minimum atomic E-state index is 1.21. The van der Waals surface area contributed by atoms with Gasteiger partial charge in [0.25, 0.3) is 0 Å². The van der Waals surface area contributed by atoms with Crippen molar-refractivity contribution in [1.29, 1.82) is 0 Å². The Morgan fingerprint density at radius 2 is 0.757 bits per heavy atom. The van der Waals surface area contributed by atoms with Gasteiger partial charge in [-0.15, -0.1) is 0 Å². The van der Waals surface area contributed by atoms with Gasteiger partial charge in [-0.25, -0.2) is 4.57 Å². The van der Waals surface area contributed by atoms with Gasteiger partial charge in [0.05, 0.1) is 0 Å². The van der Waals surface area contributed by atoms with Crippen LogP contribution in [0.2, 0.25) is 0 Å². The summed E-state index contributed by atoms with van der Waals surface area (Å²) in [6, 6.07) is 2.48. The molecular weight excluding hydrogens is 446 g/mol. The van der Waals surface area contributed by atoms with Crippen LogP contribution in [0.15, 0.2) is 18.5 Å². The maximum absolute atomic E-state index is 2.53. The number of aryl methyl sites for hydroxylation is 3. The molecule has 1 rings (SSSR count). The van der Waals surface area contributed by atoms with E-state index in [1.54, 1.807) is 11.1 Å². The third-order valence-corrected chi connectivity index (χ3v) is 8.32. The molecule has 1 nitrogen and oxygen atoms in total. The molecule has 0 radical (unpaired) electrons. The monoisotopic (exact) mass is 515 g/mol. The molecule has 1 heterocycles. The van der Waals surface area contributed by atoms with Crippen LogP contribution < -0.4 is 4.57 Å². The van der Waals surface area contributed by atoms with Gasteiger partial charge in [0.2, 0.25) is 0 Å². The lowest BCUT2D eigenvalue weighted by molar-refractivity contribution is -0.697. The highest BCUT2D eigenvalue weighted by atomic mass is 14.9. The fourth-order valence-corrected chi connectivity index (χ4v) is 5.73. The Morgan fingerprint density at radius 3 is 1.19 bits per heavy atom. The van der Waals surface area contributed by atoms with Crippen LogP contribution in [0.3, 0.4) is 0 Å². The molecule has 0 aliphatic carbocycles. The molecule has 0 aliphatic rings. The third-order valence-electron chi connectivity index (χ3n) is 8.32. The first-order valence-corrected chi connectivity index (χ1v) is 17.3. The zero-order valence-corrected chi connectivity index (χ0v) is 26.0. The van der Waals surface area contributed by atoms with Gasteiger partial charge in [-0.05, 0) is 37.7 Å². The fourth-order valence-electron chi connectivity index (χ4n) is 5.73. The second kappa shape index (κ2) is 26.7. The molecule has 1 heteroatoms. The van der Waals surface area contributed by atoms with Gasteiger partial charge >= 0.3 is 0 Å². The molecule has 0 saturated carbocycles. The number of aromatic nitrogens is 1. The predicted molar refractivity (Wildman–Crippen MR) is 166 cm³/mol. The molecule has 37 heavy (non-hydrogen) atoms. The number of hydrogen-bond acceptors (Lipinski definition) is 0. The first-order valence-electron chi connectivity index (χ1n) is 17.3. The van der Waals surface area contributed by atoms with Crippen molar-refractivity contribution in [3.8, 4) is 0 Å². The zero-order valence-electron chi connectivity index (χ0n) is 26.0. The average molecular weight is 515 g/mol. The van der Waals surface area contributed by atoms with Crippen molar-refractivity contribution < 1.29 is 4.57 Å². The number of unbranched alkanes of at least 4 members (excludes halogenated alkanes) is 22. The van der Waals surface area contributed by atoms with Gasteiger partial charge in [0.15, 0.2) is 12.4 Å². The van der Waals surface area contributed by atoms with Gasteiger partial charge in [0.1, 0.15) is 6.54 Å². The van der Waals surface area contributed by atoms with Crippen molar-refractivity contribution >= 4 is 0 Å². The van der Waals surface area contributed by atoms with E-state index in [4.69, 9.17) is 0 Å². The highest BCUT2D eigenvalue weighted by molar-refractivity contribution is 5.21. The molecule has 0 unspecified atom stereocenters. The van der Waals surface area contributed by atoms with E-state index in [9.17, 15) is 0 Å². The smallest absolute Gasteiger partial charge is 0.172 e. The van der Waals surface area contributed by atoms with E-state index in [1.807, 2.05) is 0 Å². The summed E-state index contributed by atoms with van der Waals surface area (Å²) in [5, 5.41) is 0. The summed E-state index contributed by atoms with van der Waals surface area (Å²) in [5.41, 5.74) is 3.31. The van der Waals surface area contributed by atoms with Crippen molar-refractivity contribution in [3.05, 3.63) is 29.6 Å². The summed E-state index contributed by atoms with van der Waals surface area (Å²) in [5.74, 6) is 0. The van der Waals surface area contributed by atoms with Crippen LogP contribution in [0.5, 0.6) is 0 Å². The van der Waals surface area contributed by atoms with Crippen LogP contribution >= 0.6 is 0 Å². The molecule has 0 fully saturated rings. The summed E-state index contributed by atoms with van der Waals surface area (Å²) in [4.78, 5) is 0. The largest absolute Gasteiger partial charge is 0.205 e. The first kappa shape index (κ1) is 34.2. The van der Waals surface area contributed by atoms with Crippen molar-refractivity contribution in [1.82, 2.24) is 0 Å². The lowest BCUT2D eigenvalue weighted by atomic mass is 9.97. The molecule has 0 atom stereocenters. The van der Waals surface area contributed by atoms with Crippen molar-refractivity contribution in [2.45, 2.75) is 201 Å². The Morgan fingerprint density at radius 1 is 0.405 bits per heavy atom.